The maximum absolute atomic E-state index is 6.31. The summed E-state index contributed by atoms with van der Waals surface area (Å²) in [4.78, 5) is 0. The fourth-order valence-electron chi connectivity index (χ4n) is 2.77. The van der Waals surface area contributed by atoms with Gasteiger partial charge in [-0.2, -0.15) is 0 Å². The molecule has 1 aromatic rings. The summed E-state index contributed by atoms with van der Waals surface area (Å²) in [5.41, 5.74) is 7.23. The first-order valence-electron chi connectivity index (χ1n) is 7.45. The lowest BCUT2D eigenvalue weighted by Crippen LogP contribution is -2.21. The Morgan fingerprint density at radius 1 is 1.33 bits per heavy atom. The van der Waals surface area contributed by atoms with Gasteiger partial charge in [0.1, 0.15) is 16.5 Å². The van der Waals surface area contributed by atoms with Gasteiger partial charge in [-0.05, 0) is 44.2 Å². The lowest BCUT2D eigenvalue weighted by Gasteiger charge is -2.24. The molecule has 1 aliphatic rings. The Kier molecular flexibility index (Phi) is 6.15. The molecule has 118 valence electrons. The Balaban J connectivity index is 2.04. The quantitative estimate of drug-likeness (QED) is 0.870. The molecule has 1 aromatic carbocycles. The standard InChI is InChI=1S/C16H24ClNO3/c1-19-14-9-7-12(16(20-2)15(14)17)13(18)8-6-11-5-3-4-10-21-11/h7,9,11,13H,3-6,8,10,18H2,1-2H3. The minimum atomic E-state index is -0.117. The van der Waals surface area contributed by atoms with Crippen molar-refractivity contribution in [1.82, 2.24) is 0 Å². The topological polar surface area (TPSA) is 53.7 Å². The van der Waals surface area contributed by atoms with Gasteiger partial charge in [0.15, 0.2) is 0 Å². The molecule has 0 aliphatic carbocycles. The predicted octanol–water partition coefficient (Wildman–Crippen LogP) is 3.71. The van der Waals surface area contributed by atoms with Crippen LogP contribution >= 0.6 is 11.6 Å². The zero-order valence-corrected chi connectivity index (χ0v) is 13.5. The Bertz CT molecular complexity index is 461. The van der Waals surface area contributed by atoms with Crippen molar-refractivity contribution in [3.63, 3.8) is 0 Å². The zero-order valence-electron chi connectivity index (χ0n) is 12.7. The Morgan fingerprint density at radius 3 is 2.76 bits per heavy atom. The third-order valence-electron chi connectivity index (χ3n) is 3.99. The van der Waals surface area contributed by atoms with Gasteiger partial charge >= 0.3 is 0 Å². The van der Waals surface area contributed by atoms with Crippen LogP contribution in [0, 0.1) is 0 Å². The highest BCUT2D eigenvalue weighted by molar-refractivity contribution is 6.33. The summed E-state index contributed by atoms with van der Waals surface area (Å²) < 4.78 is 16.4. The van der Waals surface area contributed by atoms with Crippen molar-refractivity contribution in [3.05, 3.63) is 22.7 Å². The van der Waals surface area contributed by atoms with Crippen molar-refractivity contribution < 1.29 is 14.2 Å². The van der Waals surface area contributed by atoms with Crippen molar-refractivity contribution in [1.29, 1.82) is 0 Å². The predicted molar refractivity (Wildman–Crippen MR) is 84.3 cm³/mol. The molecule has 1 heterocycles. The van der Waals surface area contributed by atoms with Crippen molar-refractivity contribution in [3.8, 4) is 11.5 Å². The normalized spacial score (nSPS) is 20.1. The van der Waals surface area contributed by atoms with Gasteiger partial charge in [-0.25, -0.2) is 0 Å². The lowest BCUT2D eigenvalue weighted by molar-refractivity contribution is 0.00909. The zero-order chi connectivity index (χ0) is 15.2. The molecule has 4 nitrogen and oxygen atoms in total. The van der Waals surface area contributed by atoms with Gasteiger partial charge in [0, 0.05) is 18.2 Å². The van der Waals surface area contributed by atoms with Crippen LogP contribution in [0.15, 0.2) is 12.1 Å². The van der Waals surface area contributed by atoms with E-state index in [4.69, 9.17) is 31.5 Å². The summed E-state index contributed by atoms with van der Waals surface area (Å²) in [7, 11) is 3.18. The van der Waals surface area contributed by atoms with E-state index in [1.165, 1.54) is 12.8 Å². The molecular formula is C16H24ClNO3. The summed E-state index contributed by atoms with van der Waals surface area (Å²) in [5, 5.41) is 0.474. The third-order valence-corrected chi connectivity index (χ3v) is 4.35. The molecule has 5 heteroatoms. The average molecular weight is 314 g/mol. The minimum Gasteiger partial charge on any atom is -0.495 e. The number of nitrogens with two attached hydrogens (primary N) is 1. The largest absolute Gasteiger partial charge is 0.495 e. The first-order valence-corrected chi connectivity index (χ1v) is 7.82. The van der Waals surface area contributed by atoms with E-state index >= 15 is 0 Å². The summed E-state index contributed by atoms with van der Waals surface area (Å²) in [6.45, 7) is 0.873. The van der Waals surface area contributed by atoms with Gasteiger partial charge in [0.25, 0.3) is 0 Å². The fraction of sp³-hybridized carbons (Fsp3) is 0.625. The number of halogens is 1. The molecule has 0 spiro atoms. The maximum Gasteiger partial charge on any atom is 0.146 e. The van der Waals surface area contributed by atoms with Crippen molar-refractivity contribution in [2.45, 2.75) is 44.2 Å². The highest BCUT2D eigenvalue weighted by atomic mass is 35.5. The molecule has 1 fully saturated rings. The average Bonchev–Trinajstić information content (AvgIpc) is 2.53. The molecule has 0 radical (unpaired) electrons. The van der Waals surface area contributed by atoms with Gasteiger partial charge in [-0.15, -0.1) is 0 Å². The minimum absolute atomic E-state index is 0.117. The molecule has 1 saturated heterocycles. The molecule has 21 heavy (non-hydrogen) atoms. The molecule has 0 bridgehead atoms. The number of methoxy groups -OCH3 is 2. The SMILES string of the molecule is COc1ccc(C(N)CCC2CCCCO2)c(OC)c1Cl. The molecule has 2 atom stereocenters. The van der Waals surface area contributed by atoms with E-state index in [1.807, 2.05) is 12.1 Å². The van der Waals surface area contributed by atoms with Crippen LogP contribution in [0.5, 0.6) is 11.5 Å². The Morgan fingerprint density at radius 2 is 2.14 bits per heavy atom. The molecule has 0 aromatic heterocycles. The molecule has 2 rings (SSSR count). The van der Waals surface area contributed by atoms with Crippen LogP contribution in [0.4, 0.5) is 0 Å². The molecular weight excluding hydrogens is 290 g/mol. The second-order valence-corrected chi connectivity index (χ2v) is 5.75. The van der Waals surface area contributed by atoms with Gasteiger partial charge in [-0.3, -0.25) is 0 Å². The second kappa shape index (κ2) is 7.87. The second-order valence-electron chi connectivity index (χ2n) is 5.38. The fourth-order valence-corrected chi connectivity index (χ4v) is 3.09. The number of benzene rings is 1. The maximum atomic E-state index is 6.31. The first-order chi connectivity index (χ1) is 10.2. The highest BCUT2D eigenvalue weighted by Gasteiger charge is 2.20. The summed E-state index contributed by atoms with van der Waals surface area (Å²) in [6, 6.07) is 3.64. The van der Waals surface area contributed by atoms with E-state index in [0.717, 1.165) is 31.4 Å². The van der Waals surface area contributed by atoms with Gasteiger partial charge < -0.3 is 19.9 Å². The smallest absolute Gasteiger partial charge is 0.146 e. The Labute approximate surface area is 131 Å². The summed E-state index contributed by atoms with van der Waals surface area (Å²) in [5.74, 6) is 1.20. The van der Waals surface area contributed by atoms with E-state index in [-0.39, 0.29) is 6.04 Å². The van der Waals surface area contributed by atoms with Crippen LogP contribution in [0.25, 0.3) is 0 Å². The summed E-state index contributed by atoms with van der Waals surface area (Å²) in [6.07, 6.45) is 5.71. The number of hydrogen-bond donors (Lipinski definition) is 1. The van der Waals surface area contributed by atoms with Crippen LogP contribution in [-0.2, 0) is 4.74 Å². The molecule has 2 unspecified atom stereocenters. The van der Waals surface area contributed by atoms with E-state index < -0.39 is 0 Å². The molecule has 0 saturated carbocycles. The van der Waals surface area contributed by atoms with Gasteiger partial charge in [0.05, 0.1) is 20.3 Å². The third kappa shape index (κ3) is 4.02. The summed E-state index contributed by atoms with van der Waals surface area (Å²) >= 11 is 6.28. The van der Waals surface area contributed by atoms with Crippen LogP contribution in [0.2, 0.25) is 5.02 Å². The van der Waals surface area contributed by atoms with E-state index in [0.29, 0.717) is 22.6 Å². The van der Waals surface area contributed by atoms with E-state index in [2.05, 4.69) is 0 Å². The number of ether oxygens (including phenoxy) is 3. The van der Waals surface area contributed by atoms with E-state index in [1.54, 1.807) is 14.2 Å². The van der Waals surface area contributed by atoms with Crippen molar-refractivity contribution in [2.75, 3.05) is 20.8 Å². The molecule has 2 N–H and O–H groups in total. The first kappa shape index (κ1) is 16.4. The van der Waals surface area contributed by atoms with Crippen LogP contribution in [-0.4, -0.2) is 26.9 Å². The molecule has 0 amide bonds. The Hall–Kier alpha value is -0.970. The van der Waals surface area contributed by atoms with Gasteiger partial charge in [0.2, 0.25) is 0 Å². The number of hydrogen-bond acceptors (Lipinski definition) is 4. The molecule has 1 aliphatic heterocycles. The van der Waals surface area contributed by atoms with Gasteiger partial charge in [-0.1, -0.05) is 11.6 Å². The van der Waals surface area contributed by atoms with Crippen LogP contribution < -0.4 is 15.2 Å². The lowest BCUT2D eigenvalue weighted by atomic mass is 9.97. The highest BCUT2D eigenvalue weighted by Crippen LogP contribution is 2.40. The van der Waals surface area contributed by atoms with Crippen LogP contribution in [0.1, 0.15) is 43.7 Å². The van der Waals surface area contributed by atoms with Crippen LogP contribution in [0.3, 0.4) is 0 Å². The van der Waals surface area contributed by atoms with E-state index in [9.17, 15) is 0 Å². The monoisotopic (exact) mass is 313 g/mol. The number of rotatable bonds is 6. The van der Waals surface area contributed by atoms with Crippen molar-refractivity contribution in [2.24, 2.45) is 5.73 Å². The van der Waals surface area contributed by atoms with Crippen molar-refractivity contribution >= 4 is 11.6 Å².